The zero-order valence-corrected chi connectivity index (χ0v) is 15.5. The maximum absolute atomic E-state index is 11.9. The molecule has 1 aromatic heterocycles. The summed E-state index contributed by atoms with van der Waals surface area (Å²) in [6, 6.07) is 14.8. The molecule has 0 spiro atoms. The fourth-order valence-corrected chi connectivity index (χ4v) is 2.31. The minimum absolute atomic E-state index is 0.182. The van der Waals surface area contributed by atoms with E-state index in [1.165, 1.54) is 0 Å². The summed E-state index contributed by atoms with van der Waals surface area (Å²) >= 11 is 0. The maximum Gasteiger partial charge on any atom is 0.276 e. The van der Waals surface area contributed by atoms with Crippen molar-refractivity contribution in [1.82, 2.24) is 31.1 Å². The Bertz CT molecular complexity index is 971. The minimum atomic E-state index is -0.489. The Kier molecular flexibility index (Phi) is 5.95. The molecule has 3 aromatic rings. The SMILES string of the molecule is Cc1ccc(OCC(=O)NNC(=O)Cn2nnc(-c3ccccc3)n2)cc1C. The number of amides is 2. The first-order chi connectivity index (χ1) is 13.5. The molecule has 0 aliphatic heterocycles. The van der Waals surface area contributed by atoms with E-state index in [2.05, 4.69) is 26.3 Å². The average Bonchev–Trinajstić information content (AvgIpc) is 3.16. The number of ether oxygens (including phenoxy) is 1. The number of nitrogens with zero attached hydrogens (tertiary/aromatic N) is 4. The normalized spacial score (nSPS) is 10.4. The Morgan fingerprint density at radius 3 is 2.50 bits per heavy atom. The van der Waals surface area contributed by atoms with Gasteiger partial charge >= 0.3 is 0 Å². The molecule has 144 valence electrons. The summed E-state index contributed by atoms with van der Waals surface area (Å²) in [5.74, 6) is 0.0312. The molecular weight excluding hydrogens is 360 g/mol. The molecule has 0 unspecified atom stereocenters. The van der Waals surface area contributed by atoms with Crippen molar-refractivity contribution in [2.75, 3.05) is 6.61 Å². The van der Waals surface area contributed by atoms with Gasteiger partial charge in [0.25, 0.3) is 11.8 Å². The fourth-order valence-electron chi connectivity index (χ4n) is 2.31. The van der Waals surface area contributed by atoms with Crippen molar-refractivity contribution in [1.29, 1.82) is 0 Å². The van der Waals surface area contributed by atoms with Crippen molar-refractivity contribution in [3.8, 4) is 17.1 Å². The van der Waals surface area contributed by atoms with Crippen LogP contribution < -0.4 is 15.6 Å². The quantitative estimate of drug-likeness (QED) is 0.622. The van der Waals surface area contributed by atoms with Gasteiger partial charge in [-0.25, -0.2) is 0 Å². The first-order valence-corrected chi connectivity index (χ1v) is 8.62. The predicted molar refractivity (Wildman–Crippen MR) is 101 cm³/mol. The van der Waals surface area contributed by atoms with E-state index in [4.69, 9.17) is 4.74 Å². The lowest BCUT2D eigenvalue weighted by Crippen LogP contribution is -2.45. The number of aryl methyl sites for hydroxylation is 2. The van der Waals surface area contributed by atoms with Crippen LogP contribution in [-0.2, 0) is 16.1 Å². The summed E-state index contributed by atoms with van der Waals surface area (Å²) in [5.41, 5.74) is 7.58. The van der Waals surface area contributed by atoms with E-state index in [1.54, 1.807) is 6.07 Å². The van der Waals surface area contributed by atoms with E-state index in [9.17, 15) is 9.59 Å². The van der Waals surface area contributed by atoms with Crippen LogP contribution in [0.4, 0.5) is 0 Å². The highest BCUT2D eigenvalue weighted by Gasteiger charge is 2.10. The molecule has 0 bridgehead atoms. The molecule has 2 N–H and O–H groups in total. The van der Waals surface area contributed by atoms with Crippen LogP contribution in [0.2, 0.25) is 0 Å². The van der Waals surface area contributed by atoms with Crippen LogP contribution in [-0.4, -0.2) is 38.6 Å². The monoisotopic (exact) mass is 380 g/mol. The molecule has 0 radical (unpaired) electrons. The first kappa shape index (κ1) is 19.0. The van der Waals surface area contributed by atoms with Gasteiger partial charge in [0.1, 0.15) is 12.3 Å². The molecule has 2 aromatic carbocycles. The molecule has 3 rings (SSSR count). The molecule has 28 heavy (non-hydrogen) atoms. The zero-order chi connectivity index (χ0) is 19.9. The molecule has 0 atom stereocenters. The van der Waals surface area contributed by atoms with E-state index in [0.717, 1.165) is 21.5 Å². The highest BCUT2D eigenvalue weighted by molar-refractivity contribution is 5.82. The van der Waals surface area contributed by atoms with Crippen molar-refractivity contribution < 1.29 is 14.3 Å². The third-order valence-corrected chi connectivity index (χ3v) is 3.96. The molecule has 0 saturated carbocycles. The summed E-state index contributed by atoms with van der Waals surface area (Å²) in [5, 5.41) is 11.9. The van der Waals surface area contributed by atoms with Gasteiger partial charge in [0.15, 0.2) is 6.61 Å². The summed E-state index contributed by atoms with van der Waals surface area (Å²) < 4.78 is 5.40. The van der Waals surface area contributed by atoms with Crippen LogP contribution in [0.25, 0.3) is 11.4 Å². The third-order valence-electron chi connectivity index (χ3n) is 3.96. The third kappa shape index (κ3) is 5.13. The lowest BCUT2D eigenvalue weighted by molar-refractivity contribution is -0.130. The molecular formula is C19H20N6O3. The van der Waals surface area contributed by atoms with E-state index in [-0.39, 0.29) is 13.2 Å². The van der Waals surface area contributed by atoms with Gasteiger partial charge < -0.3 is 4.74 Å². The summed E-state index contributed by atoms with van der Waals surface area (Å²) in [4.78, 5) is 24.9. The number of hydrogen-bond acceptors (Lipinski definition) is 6. The van der Waals surface area contributed by atoms with Gasteiger partial charge in [-0.2, -0.15) is 4.80 Å². The van der Waals surface area contributed by atoms with Gasteiger partial charge in [0.2, 0.25) is 5.82 Å². The number of rotatable bonds is 6. The molecule has 0 aliphatic rings. The number of hydrazine groups is 1. The number of aromatic nitrogens is 4. The first-order valence-electron chi connectivity index (χ1n) is 8.62. The van der Waals surface area contributed by atoms with E-state index >= 15 is 0 Å². The largest absolute Gasteiger partial charge is 0.484 e. The van der Waals surface area contributed by atoms with Gasteiger partial charge in [-0.05, 0) is 42.3 Å². The summed E-state index contributed by atoms with van der Waals surface area (Å²) in [6.45, 7) is 3.55. The van der Waals surface area contributed by atoms with Crippen LogP contribution in [0, 0.1) is 13.8 Å². The lowest BCUT2D eigenvalue weighted by atomic mass is 10.1. The Morgan fingerprint density at radius 2 is 1.75 bits per heavy atom. The van der Waals surface area contributed by atoms with E-state index in [0.29, 0.717) is 11.6 Å². The highest BCUT2D eigenvalue weighted by atomic mass is 16.5. The van der Waals surface area contributed by atoms with Gasteiger partial charge in [-0.3, -0.25) is 20.4 Å². The second-order valence-corrected chi connectivity index (χ2v) is 6.14. The van der Waals surface area contributed by atoms with E-state index < -0.39 is 11.8 Å². The number of tetrazole rings is 1. The standard InChI is InChI=1S/C19H20N6O3/c1-13-8-9-16(10-14(13)2)28-12-18(27)21-20-17(26)11-25-23-19(22-24-25)15-6-4-3-5-7-15/h3-10H,11-12H2,1-2H3,(H,20,26)(H,21,27). The predicted octanol–water partition coefficient (Wildman–Crippen LogP) is 1.18. The van der Waals surface area contributed by atoms with Crippen molar-refractivity contribution >= 4 is 11.8 Å². The molecule has 0 fully saturated rings. The summed E-state index contributed by atoms with van der Waals surface area (Å²) in [7, 11) is 0. The number of nitrogens with one attached hydrogen (secondary N) is 2. The molecule has 0 saturated heterocycles. The van der Waals surface area contributed by atoms with Crippen molar-refractivity contribution in [2.45, 2.75) is 20.4 Å². The molecule has 0 aliphatic carbocycles. The van der Waals surface area contributed by atoms with Crippen molar-refractivity contribution in [3.05, 3.63) is 59.7 Å². The Balaban J connectivity index is 1.43. The Labute approximate surface area is 161 Å². The second-order valence-electron chi connectivity index (χ2n) is 6.14. The molecule has 9 nitrogen and oxygen atoms in total. The van der Waals surface area contributed by atoms with Gasteiger partial charge in [-0.15, -0.1) is 10.2 Å². The van der Waals surface area contributed by atoms with Crippen molar-refractivity contribution in [2.24, 2.45) is 0 Å². The lowest BCUT2D eigenvalue weighted by Gasteiger charge is -2.09. The highest BCUT2D eigenvalue weighted by Crippen LogP contribution is 2.16. The summed E-state index contributed by atoms with van der Waals surface area (Å²) in [6.07, 6.45) is 0. The minimum Gasteiger partial charge on any atom is -0.484 e. The topological polar surface area (TPSA) is 111 Å². The van der Waals surface area contributed by atoms with Crippen LogP contribution in [0.5, 0.6) is 5.75 Å². The number of benzene rings is 2. The second kappa shape index (κ2) is 8.76. The molecule has 2 amide bonds. The maximum atomic E-state index is 11.9. The number of carbonyl (C=O) groups is 2. The van der Waals surface area contributed by atoms with Crippen LogP contribution in [0.3, 0.4) is 0 Å². The van der Waals surface area contributed by atoms with Crippen LogP contribution in [0.1, 0.15) is 11.1 Å². The Morgan fingerprint density at radius 1 is 1.00 bits per heavy atom. The number of hydrogen-bond donors (Lipinski definition) is 2. The smallest absolute Gasteiger partial charge is 0.276 e. The van der Waals surface area contributed by atoms with Gasteiger partial charge in [0, 0.05) is 5.56 Å². The van der Waals surface area contributed by atoms with Crippen LogP contribution in [0.15, 0.2) is 48.5 Å². The van der Waals surface area contributed by atoms with E-state index in [1.807, 2.05) is 56.3 Å². The molecule has 9 heteroatoms. The fraction of sp³-hybridized carbons (Fsp3) is 0.211. The van der Waals surface area contributed by atoms with Crippen molar-refractivity contribution in [3.63, 3.8) is 0 Å². The zero-order valence-electron chi connectivity index (χ0n) is 15.5. The molecule has 1 heterocycles. The van der Waals surface area contributed by atoms with Gasteiger partial charge in [-0.1, -0.05) is 36.4 Å². The Hall–Kier alpha value is -3.75. The van der Waals surface area contributed by atoms with Crippen LogP contribution >= 0.6 is 0 Å². The van der Waals surface area contributed by atoms with Gasteiger partial charge in [0.05, 0.1) is 0 Å². The number of carbonyl (C=O) groups excluding carboxylic acids is 2. The average molecular weight is 380 g/mol.